The van der Waals surface area contributed by atoms with Gasteiger partial charge in [-0.05, 0) is 36.1 Å². The minimum absolute atomic E-state index is 0.368. The largest absolute Gasteiger partial charge is 0.493 e. The number of cyclic esters (lactones) is 2. The molecule has 98 valence electrons. The van der Waals surface area contributed by atoms with Crippen LogP contribution in [0, 0.1) is 0 Å². The number of hydrogen-bond donors (Lipinski definition) is 0. The molecule has 5 heteroatoms. The molecule has 19 heavy (non-hydrogen) atoms. The summed E-state index contributed by atoms with van der Waals surface area (Å²) < 4.78 is 15.1. The second-order valence-electron chi connectivity index (χ2n) is 4.39. The molecular formula is C14H12O5. The van der Waals surface area contributed by atoms with E-state index in [-0.39, 0.29) is 0 Å². The van der Waals surface area contributed by atoms with Crippen LogP contribution in [0.15, 0.2) is 17.7 Å². The third-order valence-electron chi connectivity index (χ3n) is 3.46. The van der Waals surface area contributed by atoms with Crippen LogP contribution in [0.25, 0.3) is 5.57 Å². The van der Waals surface area contributed by atoms with E-state index < -0.39 is 11.9 Å². The number of hydrogen-bond acceptors (Lipinski definition) is 5. The highest BCUT2D eigenvalue weighted by Gasteiger charge is 2.37. The number of aryl methyl sites for hydroxylation is 1. The molecule has 0 atom stereocenters. The maximum absolute atomic E-state index is 11.8. The molecule has 0 bridgehead atoms. The summed E-state index contributed by atoms with van der Waals surface area (Å²) in [6, 6.07) is 3.57. The third-order valence-corrected chi connectivity index (χ3v) is 3.46. The summed E-state index contributed by atoms with van der Waals surface area (Å²) in [4.78, 5) is 23.3. The van der Waals surface area contributed by atoms with E-state index in [1.807, 2.05) is 6.07 Å². The first-order valence-corrected chi connectivity index (χ1v) is 5.90. The summed E-state index contributed by atoms with van der Waals surface area (Å²) in [5.41, 5.74) is 2.50. The maximum Gasteiger partial charge on any atom is 0.347 e. The summed E-state index contributed by atoms with van der Waals surface area (Å²) in [5, 5.41) is 0. The lowest BCUT2D eigenvalue weighted by molar-refractivity contribution is -0.150. The SMILES string of the molecule is COc1cc2c(cc1OC)C1=C(CC2)C(=O)OC1=O. The molecule has 0 N–H and O–H groups in total. The highest BCUT2D eigenvalue weighted by atomic mass is 16.6. The molecule has 3 rings (SSSR count). The first-order valence-electron chi connectivity index (χ1n) is 5.90. The highest BCUT2D eigenvalue weighted by Crippen LogP contribution is 2.41. The van der Waals surface area contributed by atoms with Crippen molar-refractivity contribution in [2.24, 2.45) is 0 Å². The Bertz CT molecular complexity index is 627. The minimum Gasteiger partial charge on any atom is -0.493 e. The number of ether oxygens (including phenoxy) is 3. The third kappa shape index (κ3) is 1.62. The molecule has 0 saturated carbocycles. The quantitative estimate of drug-likeness (QED) is 0.595. The molecule has 0 fully saturated rings. The Morgan fingerprint density at radius 3 is 2.37 bits per heavy atom. The molecule has 0 spiro atoms. The Hall–Kier alpha value is -2.30. The van der Waals surface area contributed by atoms with Gasteiger partial charge in [0.25, 0.3) is 0 Å². The lowest BCUT2D eigenvalue weighted by Gasteiger charge is -2.18. The van der Waals surface area contributed by atoms with Gasteiger partial charge in [-0.25, -0.2) is 9.59 Å². The molecule has 1 aromatic carbocycles. The van der Waals surface area contributed by atoms with Crippen molar-refractivity contribution in [2.75, 3.05) is 14.2 Å². The predicted octanol–water partition coefficient (Wildman–Crippen LogP) is 1.49. The van der Waals surface area contributed by atoms with Gasteiger partial charge in [-0.2, -0.15) is 0 Å². The number of carbonyl (C=O) groups excluding carboxylic acids is 2. The minimum atomic E-state index is -0.576. The Morgan fingerprint density at radius 1 is 1.00 bits per heavy atom. The predicted molar refractivity (Wildman–Crippen MR) is 65.9 cm³/mol. The van der Waals surface area contributed by atoms with Gasteiger partial charge >= 0.3 is 11.9 Å². The highest BCUT2D eigenvalue weighted by molar-refractivity contribution is 6.31. The molecule has 2 aliphatic rings. The fraction of sp³-hybridized carbons (Fsp3) is 0.286. The van der Waals surface area contributed by atoms with Crippen molar-refractivity contribution >= 4 is 17.5 Å². The number of carbonyl (C=O) groups is 2. The zero-order chi connectivity index (χ0) is 13.6. The molecule has 0 saturated heterocycles. The van der Waals surface area contributed by atoms with E-state index in [9.17, 15) is 9.59 Å². The summed E-state index contributed by atoms with van der Waals surface area (Å²) in [5.74, 6) is 0.0405. The van der Waals surface area contributed by atoms with Crippen LogP contribution in [0.5, 0.6) is 11.5 Å². The van der Waals surface area contributed by atoms with Crippen molar-refractivity contribution in [1.82, 2.24) is 0 Å². The Balaban J connectivity index is 2.22. The molecule has 1 aliphatic heterocycles. The van der Waals surface area contributed by atoms with Gasteiger partial charge in [0.1, 0.15) is 0 Å². The standard InChI is InChI=1S/C14H12O5/c1-17-10-5-7-3-4-8-12(14(16)19-13(8)15)9(7)6-11(10)18-2/h5-6H,3-4H2,1-2H3. The average molecular weight is 260 g/mol. The summed E-state index contributed by atoms with van der Waals surface area (Å²) >= 11 is 0. The number of benzene rings is 1. The first-order chi connectivity index (χ1) is 9.15. The van der Waals surface area contributed by atoms with Crippen LogP contribution in [0.3, 0.4) is 0 Å². The van der Waals surface area contributed by atoms with Crippen LogP contribution in [-0.2, 0) is 20.7 Å². The van der Waals surface area contributed by atoms with Crippen molar-refractivity contribution in [3.8, 4) is 11.5 Å². The van der Waals surface area contributed by atoms with Gasteiger partial charge in [-0.3, -0.25) is 0 Å². The van der Waals surface area contributed by atoms with Crippen molar-refractivity contribution in [1.29, 1.82) is 0 Å². The fourth-order valence-corrected chi connectivity index (χ4v) is 2.54. The maximum atomic E-state index is 11.8. The Kier molecular flexibility index (Phi) is 2.55. The lowest BCUT2D eigenvalue weighted by atomic mass is 9.86. The van der Waals surface area contributed by atoms with E-state index >= 15 is 0 Å². The van der Waals surface area contributed by atoms with Gasteiger partial charge in [0.05, 0.1) is 25.4 Å². The van der Waals surface area contributed by atoms with Crippen LogP contribution >= 0.6 is 0 Å². The zero-order valence-electron chi connectivity index (χ0n) is 10.6. The van der Waals surface area contributed by atoms with Gasteiger partial charge < -0.3 is 14.2 Å². The molecule has 1 heterocycles. The number of fused-ring (bicyclic) bond motifs is 2. The van der Waals surface area contributed by atoms with Crippen molar-refractivity contribution in [2.45, 2.75) is 12.8 Å². The van der Waals surface area contributed by atoms with Crippen LogP contribution in [0.1, 0.15) is 17.5 Å². The van der Waals surface area contributed by atoms with E-state index in [0.717, 1.165) is 5.56 Å². The molecule has 0 radical (unpaired) electrons. The van der Waals surface area contributed by atoms with Gasteiger partial charge in [-0.1, -0.05) is 0 Å². The number of esters is 2. The summed E-state index contributed by atoms with van der Waals surface area (Å²) in [7, 11) is 3.09. The van der Waals surface area contributed by atoms with Crippen molar-refractivity contribution < 1.29 is 23.8 Å². The van der Waals surface area contributed by atoms with E-state index in [1.54, 1.807) is 13.2 Å². The second-order valence-corrected chi connectivity index (χ2v) is 4.39. The van der Waals surface area contributed by atoms with E-state index in [4.69, 9.17) is 9.47 Å². The van der Waals surface area contributed by atoms with Crippen molar-refractivity contribution in [3.05, 3.63) is 28.8 Å². The van der Waals surface area contributed by atoms with Crippen molar-refractivity contribution in [3.63, 3.8) is 0 Å². The number of methoxy groups -OCH3 is 2. The Labute approximate surface area is 109 Å². The molecule has 0 amide bonds. The second kappa shape index (κ2) is 4.12. The smallest absolute Gasteiger partial charge is 0.347 e. The topological polar surface area (TPSA) is 61.8 Å². The van der Waals surface area contributed by atoms with Gasteiger partial charge in [0.2, 0.25) is 0 Å². The number of rotatable bonds is 2. The van der Waals surface area contributed by atoms with Crippen LogP contribution in [0.2, 0.25) is 0 Å². The lowest BCUT2D eigenvalue weighted by Crippen LogP contribution is -2.08. The normalized spacial score (nSPS) is 16.9. The van der Waals surface area contributed by atoms with Gasteiger partial charge in [0, 0.05) is 0 Å². The van der Waals surface area contributed by atoms with E-state index in [1.165, 1.54) is 7.11 Å². The Morgan fingerprint density at radius 2 is 1.68 bits per heavy atom. The van der Waals surface area contributed by atoms with Crippen LogP contribution in [0.4, 0.5) is 0 Å². The molecule has 1 aliphatic carbocycles. The van der Waals surface area contributed by atoms with Gasteiger partial charge in [-0.15, -0.1) is 0 Å². The average Bonchev–Trinajstić information content (AvgIpc) is 2.72. The van der Waals surface area contributed by atoms with Crippen LogP contribution < -0.4 is 9.47 Å². The molecule has 5 nitrogen and oxygen atoms in total. The summed E-state index contributed by atoms with van der Waals surface area (Å²) in [6.07, 6.45) is 1.19. The first kappa shape index (κ1) is 11.8. The monoisotopic (exact) mass is 260 g/mol. The van der Waals surface area contributed by atoms with E-state index in [2.05, 4.69) is 4.74 Å². The molecule has 0 unspecified atom stereocenters. The summed E-state index contributed by atoms with van der Waals surface area (Å²) in [6.45, 7) is 0. The zero-order valence-corrected chi connectivity index (χ0v) is 10.6. The van der Waals surface area contributed by atoms with E-state index in [0.29, 0.717) is 41.1 Å². The van der Waals surface area contributed by atoms with Crippen LogP contribution in [-0.4, -0.2) is 26.2 Å². The van der Waals surface area contributed by atoms with Gasteiger partial charge in [0.15, 0.2) is 11.5 Å². The fourth-order valence-electron chi connectivity index (χ4n) is 2.54. The molecule has 0 aromatic heterocycles. The molecular weight excluding hydrogens is 248 g/mol. The molecule has 1 aromatic rings.